The van der Waals surface area contributed by atoms with Gasteiger partial charge in [-0.1, -0.05) is 34.1 Å². The van der Waals surface area contributed by atoms with Crippen LogP contribution in [0.3, 0.4) is 0 Å². The number of piperazine rings is 1. The summed E-state index contributed by atoms with van der Waals surface area (Å²) in [6.07, 6.45) is 5.43. The standard InChI is InChI=1S/C18H36N2O/c1-15(2)14-21-11-7-10-20-12-17-8-5-6-9-19(17)13-18(20)16(3)4/h15-18H,5-14H2,1-4H3. The normalized spacial score (nSPS) is 28.3. The summed E-state index contributed by atoms with van der Waals surface area (Å²) in [5, 5.41) is 0. The minimum Gasteiger partial charge on any atom is -0.381 e. The van der Waals surface area contributed by atoms with Gasteiger partial charge in [0.1, 0.15) is 0 Å². The number of piperidine rings is 1. The minimum absolute atomic E-state index is 0.652. The van der Waals surface area contributed by atoms with Crippen molar-refractivity contribution in [2.24, 2.45) is 11.8 Å². The summed E-state index contributed by atoms with van der Waals surface area (Å²) in [5.74, 6) is 1.41. The van der Waals surface area contributed by atoms with Crippen LogP contribution in [0.15, 0.2) is 0 Å². The van der Waals surface area contributed by atoms with Crippen molar-refractivity contribution in [1.29, 1.82) is 0 Å². The van der Waals surface area contributed by atoms with Gasteiger partial charge in [0.25, 0.3) is 0 Å². The summed E-state index contributed by atoms with van der Waals surface area (Å²) in [6.45, 7) is 16.2. The van der Waals surface area contributed by atoms with Crippen molar-refractivity contribution in [1.82, 2.24) is 9.80 Å². The molecule has 3 nitrogen and oxygen atoms in total. The molecule has 2 atom stereocenters. The fourth-order valence-electron chi connectivity index (χ4n) is 3.85. The van der Waals surface area contributed by atoms with E-state index in [0.29, 0.717) is 5.92 Å². The molecule has 0 radical (unpaired) electrons. The summed E-state index contributed by atoms with van der Waals surface area (Å²) >= 11 is 0. The SMILES string of the molecule is CC(C)COCCCN1CC2CCCCN2CC1C(C)C. The monoisotopic (exact) mass is 296 g/mol. The Morgan fingerprint density at radius 3 is 2.62 bits per heavy atom. The molecule has 124 valence electrons. The number of fused-ring (bicyclic) bond motifs is 1. The molecule has 0 bridgehead atoms. The zero-order valence-corrected chi connectivity index (χ0v) is 14.7. The van der Waals surface area contributed by atoms with Crippen LogP contribution in [0.4, 0.5) is 0 Å². The van der Waals surface area contributed by atoms with Gasteiger partial charge in [0.05, 0.1) is 0 Å². The van der Waals surface area contributed by atoms with Crippen LogP contribution in [-0.4, -0.2) is 61.3 Å². The van der Waals surface area contributed by atoms with Gasteiger partial charge in [-0.15, -0.1) is 0 Å². The van der Waals surface area contributed by atoms with Crippen LogP contribution in [0.2, 0.25) is 0 Å². The molecule has 0 aliphatic carbocycles. The first-order valence-electron chi connectivity index (χ1n) is 9.13. The van der Waals surface area contributed by atoms with E-state index >= 15 is 0 Å². The number of hydrogen-bond donors (Lipinski definition) is 0. The van der Waals surface area contributed by atoms with Crippen molar-refractivity contribution in [2.75, 3.05) is 39.4 Å². The lowest BCUT2D eigenvalue weighted by molar-refractivity contribution is -0.0122. The van der Waals surface area contributed by atoms with Crippen LogP contribution < -0.4 is 0 Å². The number of ether oxygens (including phenoxy) is 1. The molecule has 0 amide bonds. The molecule has 0 aromatic heterocycles. The number of hydrogen-bond acceptors (Lipinski definition) is 3. The Hall–Kier alpha value is -0.120. The fraction of sp³-hybridized carbons (Fsp3) is 1.00. The van der Waals surface area contributed by atoms with E-state index in [1.807, 2.05) is 0 Å². The first kappa shape index (κ1) is 17.2. The van der Waals surface area contributed by atoms with Gasteiger partial charge in [0, 0.05) is 44.9 Å². The Bertz CT molecular complexity index is 293. The Balaban J connectivity index is 1.78. The number of rotatable bonds is 7. The predicted molar refractivity (Wildman–Crippen MR) is 89.7 cm³/mol. The highest BCUT2D eigenvalue weighted by atomic mass is 16.5. The topological polar surface area (TPSA) is 15.7 Å². The van der Waals surface area contributed by atoms with E-state index in [-0.39, 0.29) is 0 Å². The van der Waals surface area contributed by atoms with Crippen molar-refractivity contribution >= 4 is 0 Å². The Morgan fingerprint density at radius 2 is 1.90 bits per heavy atom. The van der Waals surface area contributed by atoms with Gasteiger partial charge in [-0.05, 0) is 37.6 Å². The van der Waals surface area contributed by atoms with E-state index < -0.39 is 0 Å². The highest BCUT2D eigenvalue weighted by Crippen LogP contribution is 2.27. The molecule has 2 aliphatic heterocycles. The molecule has 0 aromatic carbocycles. The van der Waals surface area contributed by atoms with Crippen molar-refractivity contribution in [2.45, 2.75) is 65.5 Å². The van der Waals surface area contributed by atoms with Crippen LogP contribution >= 0.6 is 0 Å². The second kappa shape index (κ2) is 8.50. The third-order valence-electron chi connectivity index (χ3n) is 5.04. The van der Waals surface area contributed by atoms with Gasteiger partial charge >= 0.3 is 0 Å². The maximum atomic E-state index is 5.75. The molecule has 0 saturated carbocycles. The van der Waals surface area contributed by atoms with Gasteiger partial charge in [0.15, 0.2) is 0 Å². The van der Waals surface area contributed by atoms with E-state index in [1.165, 1.54) is 51.9 Å². The lowest BCUT2D eigenvalue weighted by Crippen LogP contribution is -2.61. The van der Waals surface area contributed by atoms with E-state index in [4.69, 9.17) is 4.74 Å². The summed E-state index contributed by atoms with van der Waals surface area (Å²) in [7, 11) is 0. The van der Waals surface area contributed by atoms with E-state index in [0.717, 1.165) is 31.2 Å². The fourth-order valence-corrected chi connectivity index (χ4v) is 3.85. The van der Waals surface area contributed by atoms with Gasteiger partial charge in [-0.25, -0.2) is 0 Å². The molecule has 2 saturated heterocycles. The van der Waals surface area contributed by atoms with Gasteiger partial charge in [-0.2, -0.15) is 0 Å². The van der Waals surface area contributed by atoms with Crippen LogP contribution in [0.5, 0.6) is 0 Å². The van der Waals surface area contributed by atoms with Crippen LogP contribution in [0.1, 0.15) is 53.4 Å². The third kappa shape index (κ3) is 5.22. The smallest absolute Gasteiger partial charge is 0.0489 e. The third-order valence-corrected chi connectivity index (χ3v) is 5.04. The maximum absolute atomic E-state index is 5.75. The predicted octanol–water partition coefficient (Wildman–Crippen LogP) is 3.24. The molecule has 2 aliphatic rings. The molecule has 0 N–H and O–H groups in total. The molecule has 0 aromatic rings. The average Bonchev–Trinajstić information content (AvgIpc) is 2.45. The molecule has 21 heavy (non-hydrogen) atoms. The molecule has 0 spiro atoms. The Morgan fingerprint density at radius 1 is 1.10 bits per heavy atom. The lowest BCUT2D eigenvalue weighted by Gasteiger charge is -2.50. The first-order valence-corrected chi connectivity index (χ1v) is 9.13. The van der Waals surface area contributed by atoms with Crippen LogP contribution in [0, 0.1) is 11.8 Å². The largest absolute Gasteiger partial charge is 0.381 e. The minimum atomic E-state index is 0.652. The van der Waals surface area contributed by atoms with Crippen molar-refractivity contribution in [3.8, 4) is 0 Å². The number of nitrogens with zero attached hydrogens (tertiary/aromatic N) is 2. The second-order valence-corrected chi connectivity index (χ2v) is 7.77. The maximum Gasteiger partial charge on any atom is 0.0489 e. The quantitative estimate of drug-likeness (QED) is 0.671. The molecule has 2 rings (SSSR count). The summed E-state index contributed by atoms with van der Waals surface area (Å²) in [6, 6.07) is 1.56. The molecular weight excluding hydrogens is 260 g/mol. The van der Waals surface area contributed by atoms with Gasteiger partial charge in [-0.3, -0.25) is 9.80 Å². The first-order chi connectivity index (χ1) is 10.1. The van der Waals surface area contributed by atoms with Crippen molar-refractivity contribution in [3.63, 3.8) is 0 Å². The highest BCUT2D eigenvalue weighted by Gasteiger charge is 2.35. The van der Waals surface area contributed by atoms with Gasteiger partial charge in [0.2, 0.25) is 0 Å². The molecular formula is C18H36N2O. The molecule has 2 fully saturated rings. The highest BCUT2D eigenvalue weighted by molar-refractivity contribution is 4.91. The van der Waals surface area contributed by atoms with Crippen LogP contribution in [-0.2, 0) is 4.74 Å². The summed E-state index contributed by atoms with van der Waals surface area (Å²) in [5.41, 5.74) is 0. The summed E-state index contributed by atoms with van der Waals surface area (Å²) in [4.78, 5) is 5.52. The van der Waals surface area contributed by atoms with Gasteiger partial charge < -0.3 is 4.74 Å². The van der Waals surface area contributed by atoms with E-state index in [2.05, 4.69) is 37.5 Å². The van der Waals surface area contributed by atoms with E-state index in [9.17, 15) is 0 Å². The summed E-state index contributed by atoms with van der Waals surface area (Å²) < 4.78 is 5.75. The average molecular weight is 296 g/mol. The van der Waals surface area contributed by atoms with Crippen molar-refractivity contribution in [3.05, 3.63) is 0 Å². The van der Waals surface area contributed by atoms with E-state index in [1.54, 1.807) is 0 Å². The van der Waals surface area contributed by atoms with Crippen LogP contribution in [0.25, 0.3) is 0 Å². The molecule has 3 heteroatoms. The second-order valence-electron chi connectivity index (χ2n) is 7.77. The zero-order valence-electron chi connectivity index (χ0n) is 14.7. The Labute approximate surface area is 132 Å². The molecule has 2 heterocycles. The molecule has 2 unspecified atom stereocenters. The zero-order chi connectivity index (χ0) is 15.2. The lowest BCUT2D eigenvalue weighted by atomic mass is 9.92. The van der Waals surface area contributed by atoms with Crippen molar-refractivity contribution < 1.29 is 4.74 Å². The Kier molecular flexibility index (Phi) is 6.97.